The zero-order valence-corrected chi connectivity index (χ0v) is 86.0. The van der Waals surface area contributed by atoms with Crippen molar-refractivity contribution in [3.05, 3.63) is 333 Å². The summed E-state index contributed by atoms with van der Waals surface area (Å²) in [5, 5.41) is 12.1. The third-order valence-corrected chi connectivity index (χ3v) is 25.6. The number of hydrogen-bond donors (Lipinski definition) is 0. The van der Waals surface area contributed by atoms with Crippen LogP contribution < -0.4 is 22.8 Å². The van der Waals surface area contributed by atoms with Crippen molar-refractivity contribution in [2.75, 3.05) is 0 Å². The van der Waals surface area contributed by atoms with Gasteiger partial charge in [-0.3, -0.25) is 15.0 Å². The molecule has 0 radical (unpaired) electrons. The third-order valence-electron chi connectivity index (χ3n) is 25.6. The molecule has 0 saturated heterocycles. The van der Waals surface area contributed by atoms with E-state index in [4.69, 9.17) is 9.60 Å². The van der Waals surface area contributed by atoms with Crippen LogP contribution in [0.4, 0.5) is 0 Å². The maximum absolute atomic E-state index is 8.61. The van der Waals surface area contributed by atoms with E-state index in [1.807, 2.05) is 118 Å². The summed E-state index contributed by atoms with van der Waals surface area (Å²) in [6.45, 7) is 58.1. The number of rotatable bonds is 13. The predicted molar refractivity (Wildman–Crippen MR) is 563 cm³/mol. The quantitative estimate of drug-likeness (QED) is 0.108. The van der Waals surface area contributed by atoms with E-state index in [0.717, 1.165) is 98.4 Å². The molecule has 0 N–H and O–H groups in total. The molecule has 16 aromatic rings. The molecule has 1 atom stereocenters. The van der Waals surface area contributed by atoms with Gasteiger partial charge in [0.15, 0.2) is 29.4 Å². The summed E-state index contributed by atoms with van der Waals surface area (Å²) in [6.07, 6.45) is 17.5. The summed E-state index contributed by atoms with van der Waals surface area (Å²) in [6, 6.07) is 67.6. The van der Waals surface area contributed by atoms with E-state index in [1.54, 1.807) is 0 Å². The highest BCUT2D eigenvalue weighted by molar-refractivity contribution is 5.99. The third kappa shape index (κ3) is 24.2. The number of nitrogens with zero attached hydrogens (tertiary/aromatic N) is 8. The Morgan fingerprint density at radius 2 is 0.644 bits per heavy atom. The second kappa shape index (κ2) is 40.4. The van der Waals surface area contributed by atoms with Gasteiger partial charge in [0.2, 0.25) is 28.5 Å². The van der Waals surface area contributed by atoms with Crippen molar-refractivity contribution in [3.8, 4) is 67.4 Å². The van der Waals surface area contributed by atoms with E-state index in [-0.39, 0.29) is 16.2 Å². The van der Waals surface area contributed by atoms with Crippen molar-refractivity contribution in [2.45, 2.75) is 245 Å². The van der Waals surface area contributed by atoms with Gasteiger partial charge in [0.25, 0.3) is 0 Å². The van der Waals surface area contributed by atoms with Crippen LogP contribution in [-0.2, 0) is 67.3 Å². The van der Waals surface area contributed by atoms with Crippen molar-refractivity contribution < 1.29 is 32.4 Å². The molecule has 8 aromatic carbocycles. The molecule has 8 nitrogen and oxygen atoms in total. The Kier molecular flexibility index (Phi) is 27.4. The molecule has 0 saturated carbocycles. The molecule has 132 heavy (non-hydrogen) atoms. The SMILES string of the molecule is Cc1ccc(-c2cccnc2)cc1-c1c2ccc(CC(C)(C)C)cc2cc(C)[n+]1C.Cc1ccncc1-c1c2ccc(CC(C)(C)C)cc2cc(C)[n+]1C.Cc1cnccc1-c1c2ccc(CC(C)(C)C)cc2cc(C)[n+]1C.[2H]c1cc2cc(CC(C)(C)C)ccc2c(-c2cc(C([2H])(C)C([2H])([2H])[2H])cc(C)c2C)[n+]1C.[2H]c1cc2cc(CC(C)(C)C)ccc2c(-c2cc(C([2H])(C)C)cc(C)c2C)[n+]1C. The topological polar surface area (TPSA) is 58.1 Å². The summed E-state index contributed by atoms with van der Waals surface area (Å²) in [7, 11) is 10.3. The number of hydrogen-bond acceptors (Lipinski definition) is 3. The lowest BCUT2D eigenvalue weighted by molar-refractivity contribution is -0.665. The molecule has 8 aromatic heterocycles. The fourth-order valence-electron chi connectivity index (χ4n) is 18.6. The van der Waals surface area contributed by atoms with Crippen molar-refractivity contribution in [3.63, 3.8) is 0 Å². The number of benzene rings is 8. The van der Waals surface area contributed by atoms with Gasteiger partial charge in [0.05, 0.1) is 54.7 Å². The molecule has 1 unspecified atom stereocenters. The van der Waals surface area contributed by atoms with Crippen LogP contribution in [0.25, 0.3) is 121 Å². The van der Waals surface area contributed by atoms with Gasteiger partial charge < -0.3 is 0 Å². The highest BCUT2D eigenvalue weighted by Gasteiger charge is 2.29. The Balaban J connectivity index is 0.000000156. The molecule has 0 spiro atoms. The zero-order chi connectivity index (χ0) is 102. The van der Waals surface area contributed by atoms with Crippen LogP contribution in [0.5, 0.6) is 0 Å². The maximum Gasteiger partial charge on any atom is 0.222 e. The Morgan fingerprint density at radius 1 is 0.295 bits per heavy atom. The molecule has 8 heteroatoms. The zero-order valence-electron chi connectivity index (χ0n) is 93.0. The number of pyridine rings is 8. The highest BCUT2D eigenvalue weighted by Crippen LogP contribution is 2.41. The van der Waals surface area contributed by atoms with Gasteiger partial charge in [-0.05, 0) is 297 Å². The number of aromatic nitrogens is 8. The second-order valence-electron chi connectivity index (χ2n) is 43.9. The molecule has 0 aliphatic rings. The van der Waals surface area contributed by atoms with Crippen LogP contribution in [0.15, 0.2) is 238 Å². The van der Waals surface area contributed by atoms with Crippen molar-refractivity contribution in [2.24, 2.45) is 62.3 Å². The van der Waals surface area contributed by atoms with Gasteiger partial charge in [-0.1, -0.05) is 222 Å². The summed E-state index contributed by atoms with van der Waals surface area (Å²) < 4.78 is 68.6. The van der Waals surface area contributed by atoms with E-state index in [1.165, 1.54) is 151 Å². The average molecular weight is 1760 g/mol. The summed E-state index contributed by atoms with van der Waals surface area (Å²) in [5.74, 6) is -2.40. The van der Waals surface area contributed by atoms with E-state index >= 15 is 0 Å². The van der Waals surface area contributed by atoms with Gasteiger partial charge in [-0.25, -0.2) is 9.13 Å². The van der Waals surface area contributed by atoms with Crippen molar-refractivity contribution in [1.82, 2.24) is 15.0 Å². The summed E-state index contributed by atoms with van der Waals surface area (Å²) in [5.41, 5.74) is 35.1. The Bertz CT molecular complexity index is 7150. The fourth-order valence-corrected chi connectivity index (χ4v) is 18.6. The first kappa shape index (κ1) is 89.5. The second-order valence-corrected chi connectivity index (χ2v) is 43.9. The highest BCUT2D eigenvalue weighted by atomic mass is 15.0. The Labute approximate surface area is 803 Å². The van der Waals surface area contributed by atoms with Gasteiger partial charge in [0.1, 0.15) is 38.0 Å². The van der Waals surface area contributed by atoms with Crippen LogP contribution >= 0.6 is 0 Å². The standard InChI is InChI=1S/C28H31N2.2C26H34N.2C22H27N2/c1-19-9-11-22(23-8-7-13-29-18-23)16-26(19)27-25-12-10-21(17-28(3,4)5)15-24(25)14-20(2)30(27)6;2*1-17(2)22-13-18(3)19(4)24(15-22)25-23-10-9-20(16-26(5,6)7)14-21(23)11-12-27(25)8;1-15-14-23-10-9-19(15)21-20-8-7-17(13-22(3,4)5)12-18(20)11-16(2)24(21)6;1-15-9-10-23-14-20(15)21-19-8-7-17(13-22(3,4)5)12-18(19)11-16(2)24(21)6/h7-16,18H,17H2,1-6H3;2*9-15,17H,16H2,1-8H3;2*7-12,14H,13H2,1-6H3/q5*+1/i;1D3,12D,17D;12D,17D;;. The van der Waals surface area contributed by atoms with Gasteiger partial charge >= 0.3 is 0 Å². The molecule has 0 fully saturated rings. The maximum atomic E-state index is 8.61. The number of fused-ring (bicyclic) bond motifs is 5. The lowest BCUT2D eigenvalue weighted by Crippen LogP contribution is -2.35. The van der Waals surface area contributed by atoms with E-state index in [0.29, 0.717) is 28.7 Å². The average Bonchev–Trinajstić information content (AvgIpc) is 0.685. The van der Waals surface area contributed by atoms with Crippen LogP contribution in [0, 0.1) is 96.3 Å². The first-order valence-corrected chi connectivity index (χ1v) is 47.2. The minimum absolute atomic E-state index is 0.162. The lowest BCUT2D eigenvalue weighted by Gasteiger charge is -2.19. The van der Waals surface area contributed by atoms with Gasteiger partial charge in [0, 0.05) is 101 Å². The molecular formula is C124H153N8+5. The monoisotopic (exact) mass is 1760 g/mol. The normalized spacial score (nSPS) is 13.4. The number of aryl methyl sites for hydroxylation is 8. The summed E-state index contributed by atoms with van der Waals surface area (Å²) >= 11 is 0. The molecule has 684 valence electrons. The fraction of sp³-hybridized carbons (Fsp3) is 0.371. The molecular weight excluding hydrogens is 1600 g/mol. The largest absolute Gasteiger partial charge is 0.264 e. The van der Waals surface area contributed by atoms with Crippen LogP contribution in [0.2, 0.25) is 0 Å². The predicted octanol–water partition coefficient (Wildman–Crippen LogP) is 29.8. The van der Waals surface area contributed by atoms with E-state index in [9.17, 15) is 0 Å². The molecule has 0 aliphatic heterocycles. The Morgan fingerprint density at radius 3 is 1.01 bits per heavy atom. The molecule has 0 aliphatic carbocycles. The molecule has 0 amide bonds. The van der Waals surface area contributed by atoms with Crippen LogP contribution in [-0.4, -0.2) is 15.0 Å². The first-order valence-electron chi connectivity index (χ1n) is 50.7. The van der Waals surface area contributed by atoms with Crippen LogP contribution in [0.1, 0.15) is 248 Å². The minimum Gasteiger partial charge on any atom is -0.264 e. The van der Waals surface area contributed by atoms with Gasteiger partial charge in [-0.15, -0.1) is 0 Å². The van der Waals surface area contributed by atoms with Crippen molar-refractivity contribution >= 4 is 53.9 Å². The molecule has 0 bridgehead atoms. The van der Waals surface area contributed by atoms with E-state index in [2.05, 4.69) is 367 Å². The lowest BCUT2D eigenvalue weighted by atomic mass is 9.87. The first-order chi connectivity index (χ1) is 64.5. The minimum atomic E-state index is -2.45. The Hall–Kier alpha value is -11.7. The van der Waals surface area contributed by atoms with Crippen molar-refractivity contribution in [1.29, 1.82) is 0 Å². The molecule has 16 rings (SSSR count). The van der Waals surface area contributed by atoms with E-state index < -0.39 is 18.6 Å². The molecule has 8 heterocycles. The van der Waals surface area contributed by atoms with Gasteiger partial charge in [-0.2, -0.15) is 13.7 Å². The van der Waals surface area contributed by atoms with Crippen LogP contribution in [0.3, 0.4) is 0 Å². The smallest absolute Gasteiger partial charge is 0.222 e. The summed E-state index contributed by atoms with van der Waals surface area (Å²) in [4.78, 5) is 12.9.